The van der Waals surface area contributed by atoms with E-state index in [4.69, 9.17) is 0 Å². The number of likely N-dealkylation sites (N-methyl/N-ethyl adjacent to an activating group) is 1. The van der Waals surface area contributed by atoms with Gasteiger partial charge in [0.2, 0.25) is 11.8 Å². The van der Waals surface area contributed by atoms with E-state index in [1.165, 1.54) is 4.90 Å². The van der Waals surface area contributed by atoms with Crippen molar-refractivity contribution in [2.24, 2.45) is 0 Å². The molecule has 0 unspecified atom stereocenters. The summed E-state index contributed by atoms with van der Waals surface area (Å²) in [6.45, 7) is 2.01. The molecule has 1 aromatic carbocycles. The summed E-state index contributed by atoms with van der Waals surface area (Å²) in [5.41, 5.74) is 1.30. The second-order valence-corrected chi connectivity index (χ2v) is 10.4. The summed E-state index contributed by atoms with van der Waals surface area (Å²) in [5.74, 6) is -0.574. The number of hydrogen-bond acceptors (Lipinski definition) is 6. The Hall–Kier alpha value is -3.52. The second-order valence-electron chi connectivity index (χ2n) is 9.59. The van der Waals surface area contributed by atoms with Crippen molar-refractivity contribution in [3.63, 3.8) is 0 Å². The largest absolute Gasteiger partial charge is 0.359 e. The van der Waals surface area contributed by atoms with Crippen LogP contribution in [0.15, 0.2) is 40.3 Å². The molecule has 2 fully saturated rings. The zero-order valence-electron chi connectivity index (χ0n) is 21.1. The number of aromatic amines is 1. The number of aromatic nitrogens is 1. The van der Waals surface area contributed by atoms with Gasteiger partial charge in [-0.1, -0.05) is 12.1 Å². The van der Waals surface area contributed by atoms with Crippen LogP contribution in [0.4, 0.5) is 5.69 Å². The minimum Gasteiger partial charge on any atom is -0.359 e. The zero-order chi connectivity index (χ0) is 26.5. The van der Waals surface area contributed by atoms with E-state index in [9.17, 15) is 19.6 Å². The normalized spacial score (nSPS) is 18.8. The number of likely N-dealkylation sites (tertiary alicyclic amines) is 2. The number of amides is 3. The number of rotatable bonds is 7. The molecule has 3 heterocycles. The summed E-state index contributed by atoms with van der Waals surface area (Å²) in [6, 6.07) is 6.96. The Morgan fingerprint density at radius 3 is 2.62 bits per heavy atom. The number of hydrogen-bond donors (Lipinski definition) is 3. The standard InChI is InChI=1S/C26H32BrN7O3/c1-32(2)25(36)18(14-28)24(30-20-10-7-8-17-19(27)15-29-23(17)20)31-21-9-3-4-13-34(26(21)37)16-22(35)33-11-5-6-12-33/h7-8,10,15,21,29-31H,3-6,9,11-13,16H2,1-2H3/b24-18+/t21-/m0/s1. The summed E-state index contributed by atoms with van der Waals surface area (Å²) in [6.07, 6.45) is 5.86. The predicted molar refractivity (Wildman–Crippen MR) is 144 cm³/mol. The number of nitriles is 1. The summed E-state index contributed by atoms with van der Waals surface area (Å²) >= 11 is 3.52. The van der Waals surface area contributed by atoms with Gasteiger partial charge in [0.25, 0.3) is 5.91 Å². The molecule has 1 aromatic heterocycles. The zero-order valence-corrected chi connectivity index (χ0v) is 22.7. The third kappa shape index (κ3) is 5.91. The molecule has 10 nitrogen and oxygen atoms in total. The van der Waals surface area contributed by atoms with Crippen molar-refractivity contribution in [3.05, 3.63) is 40.3 Å². The van der Waals surface area contributed by atoms with E-state index in [-0.39, 0.29) is 29.8 Å². The van der Waals surface area contributed by atoms with E-state index in [0.29, 0.717) is 18.7 Å². The van der Waals surface area contributed by atoms with Crippen molar-refractivity contribution in [1.82, 2.24) is 25.0 Å². The van der Waals surface area contributed by atoms with Crippen LogP contribution in [-0.2, 0) is 14.4 Å². The summed E-state index contributed by atoms with van der Waals surface area (Å²) in [7, 11) is 3.14. The molecule has 37 heavy (non-hydrogen) atoms. The molecule has 2 aliphatic heterocycles. The van der Waals surface area contributed by atoms with E-state index in [1.807, 2.05) is 35.4 Å². The minimum absolute atomic E-state index is 0.0371. The number of anilines is 1. The van der Waals surface area contributed by atoms with Crippen LogP contribution in [0.1, 0.15) is 32.1 Å². The van der Waals surface area contributed by atoms with Crippen molar-refractivity contribution in [1.29, 1.82) is 5.26 Å². The topological polar surface area (TPSA) is 125 Å². The lowest BCUT2D eigenvalue weighted by atomic mass is 10.1. The molecule has 0 spiro atoms. The van der Waals surface area contributed by atoms with Crippen LogP contribution in [0, 0.1) is 11.3 Å². The van der Waals surface area contributed by atoms with Gasteiger partial charge in [-0.15, -0.1) is 0 Å². The van der Waals surface area contributed by atoms with E-state index in [1.54, 1.807) is 19.0 Å². The first-order valence-corrected chi connectivity index (χ1v) is 13.3. The monoisotopic (exact) mass is 569 g/mol. The number of para-hydroxylation sites is 1. The molecule has 2 aromatic rings. The highest BCUT2D eigenvalue weighted by molar-refractivity contribution is 9.10. The maximum atomic E-state index is 13.6. The van der Waals surface area contributed by atoms with Gasteiger partial charge in [0, 0.05) is 49.8 Å². The third-order valence-electron chi connectivity index (χ3n) is 6.79. The van der Waals surface area contributed by atoms with Crippen molar-refractivity contribution >= 4 is 50.2 Å². The smallest absolute Gasteiger partial charge is 0.267 e. The highest BCUT2D eigenvalue weighted by atomic mass is 79.9. The van der Waals surface area contributed by atoms with Crippen molar-refractivity contribution < 1.29 is 14.4 Å². The number of carbonyl (C=O) groups is 3. The number of fused-ring (bicyclic) bond motifs is 1. The third-order valence-corrected chi connectivity index (χ3v) is 7.45. The molecule has 2 aliphatic rings. The quantitative estimate of drug-likeness (QED) is 0.348. The number of H-pyrrole nitrogens is 1. The van der Waals surface area contributed by atoms with Crippen LogP contribution < -0.4 is 10.6 Å². The van der Waals surface area contributed by atoms with Gasteiger partial charge in [0.05, 0.1) is 17.7 Å². The minimum atomic E-state index is -0.690. The molecule has 0 aliphatic carbocycles. The number of benzene rings is 1. The van der Waals surface area contributed by atoms with Gasteiger partial charge in [-0.05, 0) is 54.1 Å². The van der Waals surface area contributed by atoms with Crippen molar-refractivity contribution in [2.45, 2.75) is 38.1 Å². The van der Waals surface area contributed by atoms with Crippen LogP contribution in [0.3, 0.4) is 0 Å². The Morgan fingerprint density at radius 2 is 1.92 bits per heavy atom. The average molecular weight is 570 g/mol. The Bertz CT molecular complexity index is 1260. The average Bonchev–Trinajstić information content (AvgIpc) is 3.52. The molecule has 196 valence electrons. The second kappa shape index (κ2) is 11.7. The first kappa shape index (κ1) is 26.5. The number of nitrogens with zero attached hydrogens (tertiary/aromatic N) is 4. The van der Waals surface area contributed by atoms with Gasteiger partial charge in [-0.25, -0.2) is 0 Å². The summed E-state index contributed by atoms with van der Waals surface area (Å²) in [4.78, 5) is 47.2. The first-order chi connectivity index (χ1) is 17.8. The molecular weight excluding hydrogens is 538 g/mol. The van der Waals surface area contributed by atoms with Crippen molar-refractivity contribution in [3.8, 4) is 6.07 Å². The Balaban J connectivity index is 1.63. The first-order valence-electron chi connectivity index (χ1n) is 12.5. The molecule has 3 N–H and O–H groups in total. The lowest BCUT2D eigenvalue weighted by Crippen LogP contribution is -2.49. The van der Waals surface area contributed by atoms with Gasteiger partial charge in [-0.3, -0.25) is 14.4 Å². The molecule has 0 saturated carbocycles. The molecule has 0 radical (unpaired) electrons. The highest BCUT2D eigenvalue weighted by Gasteiger charge is 2.32. The van der Waals surface area contributed by atoms with Crippen LogP contribution in [0.2, 0.25) is 0 Å². The van der Waals surface area contributed by atoms with E-state index < -0.39 is 11.9 Å². The fraction of sp³-hybridized carbons (Fsp3) is 0.462. The maximum Gasteiger partial charge on any atom is 0.267 e. The van der Waals surface area contributed by atoms with E-state index in [0.717, 1.165) is 54.1 Å². The van der Waals surface area contributed by atoms with Gasteiger partial charge >= 0.3 is 0 Å². The molecule has 4 rings (SSSR count). The van der Waals surface area contributed by atoms with Gasteiger partial charge in [0.1, 0.15) is 17.9 Å². The number of nitrogens with one attached hydrogen (secondary N) is 3. The van der Waals surface area contributed by atoms with E-state index in [2.05, 4.69) is 31.5 Å². The molecule has 3 amide bonds. The van der Waals surface area contributed by atoms with Crippen LogP contribution >= 0.6 is 15.9 Å². The molecule has 0 bridgehead atoms. The molecule has 1 atom stereocenters. The number of carbonyl (C=O) groups excluding carboxylic acids is 3. The number of halogens is 1. The molecule has 2 saturated heterocycles. The fourth-order valence-electron chi connectivity index (χ4n) is 4.76. The summed E-state index contributed by atoms with van der Waals surface area (Å²) in [5, 5.41) is 17.3. The molecule has 11 heteroatoms. The molecular formula is C26H32BrN7O3. The van der Waals surface area contributed by atoms with Gasteiger partial charge in [0.15, 0.2) is 5.57 Å². The summed E-state index contributed by atoms with van der Waals surface area (Å²) < 4.78 is 0.881. The SMILES string of the molecule is CN(C)C(=O)/C(C#N)=C(\Nc1cccc2c(Br)c[nH]c12)N[C@H]1CCCCN(CC(=O)N2CCCC2)C1=O. The maximum absolute atomic E-state index is 13.6. The van der Waals surface area contributed by atoms with E-state index >= 15 is 0 Å². The highest BCUT2D eigenvalue weighted by Crippen LogP contribution is 2.30. The lowest BCUT2D eigenvalue weighted by Gasteiger charge is -2.28. The van der Waals surface area contributed by atoms with Crippen molar-refractivity contribution in [2.75, 3.05) is 45.6 Å². The van der Waals surface area contributed by atoms with Crippen LogP contribution in [-0.4, -0.2) is 83.7 Å². The van der Waals surface area contributed by atoms with Crippen LogP contribution in [0.25, 0.3) is 10.9 Å². The lowest BCUT2D eigenvalue weighted by molar-refractivity contribution is -0.140. The van der Waals surface area contributed by atoms with Gasteiger partial charge < -0.3 is 30.3 Å². The predicted octanol–water partition coefficient (Wildman–Crippen LogP) is 2.76. The Kier molecular flexibility index (Phi) is 8.38. The van der Waals surface area contributed by atoms with Crippen LogP contribution in [0.5, 0.6) is 0 Å². The fourth-order valence-corrected chi connectivity index (χ4v) is 5.21. The Morgan fingerprint density at radius 1 is 1.19 bits per heavy atom. The van der Waals surface area contributed by atoms with Gasteiger partial charge in [-0.2, -0.15) is 5.26 Å². The Labute approximate surface area is 224 Å².